The van der Waals surface area contributed by atoms with Gasteiger partial charge in [0.1, 0.15) is 11.4 Å². The molecule has 4 nitrogen and oxygen atoms in total. The van der Waals surface area contributed by atoms with Crippen molar-refractivity contribution in [1.29, 1.82) is 0 Å². The molecule has 1 amide bonds. The highest BCUT2D eigenvalue weighted by Gasteiger charge is 2.24. The Kier molecular flexibility index (Phi) is 4.83. The van der Waals surface area contributed by atoms with Gasteiger partial charge >= 0.3 is 6.09 Å². The van der Waals surface area contributed by atoms with Gasteiger partial charge in [0.15, 0.2) is 0 Å². The van der Waals surface area contributed by atoms with Gasteiger partial charge in [0.25, 0.3) is 0 Å². The van der Waals surface area contributed by atoms with Gasteiger partial charge in [-0.05, 0) is 45.2 Å². The number of fused-ring (bicyclic) bond motifs is 1. The highest BCUT2D eigenvalue weighted by molar-refractivity contribution is 5.67. The second-order valence-corrected chi connectivity index (χ2v) is 6.14. The Morgan fingerprint density at radius 2 is 2.24 bits per heavy atom. The topological polar surface area (TPSA) is 47.6 Å². The third-order valence-electron chi connectivity index (χ3n) is 3.23. The molecule has 0 radical (unpaired) electrons. The van der Waals surface area contributed by atoms with Gasteiger partial charge < -0.3 is 14.8 Å². The number of hydrogen-bond acceptors (Lipinski definition) is 3. The van der Waals surface area contributed by atoms with Crippen LogP contribution in [-0.4, -0.2) is 24.8 Å². The van der Waals surface area contributed by atoms with Crippen LogP contribution in [-0.2, 0) is 15.9 Å². The summed E-state index contributed by atoms with van der Waals surface area (Å²) in [7, 11) is 0. The molecular formula is C16H22FNO3. The lowest BCUT2D eigenvalue weighted by molar-refractivity contribution is 0.0306. The van der Waals surface area contributed by atoms with Crippen molar-refractivity contribution in [2.75, 3.05) is 13.2 Å². The molecule has 0 spiro atoms. The van der Waals surface area contributed by atoms with E-state index in [0.717, 1.165) is 12.0 Å². The summed E-state index contributed by atoms with van der Waals surface area (Å²) in [5.41, 5.74) is 1.09. The summed E-state index contributed by atoms with van der Waals surface area (Å²) in [6, 6.07) is 5.09. The lowest BCUT2D eigenvalue weighted by Crippen LogP contribution is -2.34. The van der Waals surface area contributed by atoms with Gasteiger partial charge in [-0.2, -0.15) is 0 Å². The van der Waals surface area contributed by atoms with Crippen LogP contribution in [0, 0.1) is 5.82 Å². The molecule has 1 atom stereocenters. The number of benzene rings is 1. The summed E-state index contributed by atoms with van der Waals surface area (Å²) in [4.78, 5) is 11.6. The van der Waals surface area contributed by atoms with Gasteiger partial charge in [-0.15, -0.1) is 0 Å². The van der Waals surface area contributed by atoms with Crippen molar-refractivity contribution < 1.29 is 18.7 Å². The molecule has 1 aliphatic heterocycles. The SMILES string of the molecule is CC(C)(C)OC(=O)NCCC1OCCc2cccc(F)c21. The fraction of sp³-hybridized carbons (Fsp3) is 0.562. The van der Waals surface area contributed by atoms with Crippen LogP contribution in [0.4, 0.5) is 9.18 Å². The average molecular weight is 295 g/mol. The first kappa shape index (κ1) is 15.8. The lowest BCUT2D eigenvalue weighted by atomic mass is 9.95. The first-order valence-corrected chi connectivity index (χ1v) is 7.22. The first-order chi connectivity index (χ1) is 9.87. The van der Waals surface area contributed by atoms with Crippen molar-refractivity contribution in [1.82, 2.24) is 5.32 Å². The predicted octanol–water partition coefficient (Wildman–Crippen LogP) is 3.35. The Morgan fingerprint density at radius 1 is 1.48 bits per heavy atom. The lowest BCUT2D eigenvalue weighted by Gasteiger charge is -2.27. The fourth-order valence-electron chi connectivity index (χ4n) is 2.40. The Bertz CT molecular complexity index is 511. The number of carbonyl (C=O) groups excluding carboxylic acids is 1. The molecule has 21 heavy (non-hydrogen) atoms. The second-order valence-electron chi connectivity index (χ2n) is 6.14. The number of ether oxygens (including phenoxy) is 2. The Morgan fingerprint density at radius 3 is 2.95 bits per heavy atom. The fourth-order valence-corrected chi connectivity index (χ4v) is 2.40. The molecule has 2 rings (SSSR count). The zero-order valence-electron chi connectivity index (χ0n) is 12.7. The van der Waals surface area contributed by atoms with Crippen molar-refractivity contribution in [2.45, 2.75) is 45.3 Å². The molecule has 1 aromatic carbocycles. The van der Waals surface area contributed by atoms with Crippen LogP contribution in [0.25, 0.3) is 0 Å². The van der Waals surface area contributed by atoms with E-state index in [9.17, 15) is 9.18 Å². The van der Waals surface area contributed by atoms with Gasteiger partial charge in [-0.3, -0.25) is 0 Å². The maximum absolute atomic E-state index is 13.9. The summed E-state index contributed by atoms with van der Waals surface area (Å²) in [5, 5.41) is 2.67. The molecule has 116 valence electrons. The zero-order valence-corrected chi connectivity index (χ0v) is 12.7. The minimum Gasteiger partial charge on any atom is -0.444 e. The van der Waals surface area contributed by atoms with E-state index in [-0.39, 0.29) is 11.9 Å². The number of alkyl carbamates (subject to hydrolysis) is 1. The molecule has 1 aliphatic rings. The van der Waals surface area contributed by atoms with Crippen molar-refractivity contribution in [3.8, 4) is 0 Å². The molecule has 0 bridgehead atoms. The quantitative estimate of drug-likeness (QED) is 0.930. The van der Waals surface area contributed by atoms with Gasteiger partial charge in [-0.25, -0.2) is 9.18 Å². The Labute approximate surface area is 124 Å². The molecule has 0 aromatic heterocycles. The van der Waals surface area contributed by atoms with Crippen LogP contribution in [0.15, 0.2) is 18.2 Å². The van der Waals surface area contributed by atoms with E-state index in [4.69, 9.17) is 9.47 Å². The molecular weight excluding hydrogens is 273 g/mol. The minimum atomic E-state index is -0.524. The number of hydrogen-bond donors (Lipinski definition) is 1. The van der Waals surface area contributed by atoms with E-state index >= 15 is 0 Å². The van der Waals surface area contributed by atoms with E-state index in [2.05, 4.69) is 5.32 Å². The number of rotatable bonds is 3. The summed E-state index contributed by atoms with van der Waals surface area (Å²) in [5.74, 6) is -0.241. The first-order valence-electron chi connectivity index (χ1n) is 7.22. The Hall–Kier alpha value is -1.62. The van der Waals surface area contributed by atoms with Crippen molar-refractivity contribution in [3.05, 3.63) is 35.1 Å². The van der Waals surface area contributed by atoms with Crippen LogP contribution in [0.3, 0.4) is 0 Å². The number of carbonyl (C=O) groups is 1. The maximum Gasteiger partial charge on any atom is 0.407 e. The van der Waals surface area contributed by atoms with Gasteiger partial charge in [0.05, 0.1) is 12.7 Å². The minimum absolute atomic E-state index is 0.241. The number of amides is 1. The predicted molar refractivity (Wildman–Crippen MR) is 77.7 cm³/mol. The van der Waals surface area contributed by atoms with Crippen molar-refractivity contribution in [3.63, 3.8) is 0 Å². The van der Waals surface area contributed by atoms with Crippen LogP contribution in [0.2, 0.25) is 0 Å². The number of halogens is 1. The van der Waals surface area contributed by atoms with E-state index in [1.54, 1.807) is 6.07 Å². The molecule has 5 heteroatoms. The molecule has 0 saturated heterocycles. The molecule has 0 fully saturated rings. The van der Waals surface area contributed by atoms with E-state index in [0.29, 0.717) is 25.1 Å². The molecule has 1 heterocycles. The van der Waals surface area contributed by atoms with Gasteiger partial charge in [0.2, 0.25) is 0 Å². The van der Waals surface area contributed by atoms with E-state index in [1.165, 1.54) is 6.07 Å². The zero-order chi connectivity index (χ0) is 15.5. The van der Waals surface area contributed by atoms with Crippen LogP contribution < -0.4 is 5.32 Å². The van der Waals surface area contributed by atoms with Crippen LogP contribution in [0.5, 0.6) is 0 Å². The summed E-state index contributed by atoms with van der Waals surface area (Å²) >= 11 is 0. The van der Waals surface area contributed by atoms with Crippen molar-refractivity contribution in [2.24, 2.45) is 0 Å². The third kappa shape index (κ3) is 4.43. The highest BCUT2D eigenvalue weighted by atomic mass is 19.1. The van der Waals surface area contributed by atoms with Crippen LogP contribution >= 0.6 is 0 Å². The standard InChI is InChI=1S/C16H22FNO3/c1-16(2,3)21-15(19)18-9-7-13-14-11(8-10-20-13)5-4-6-12(14)17/h4-6,13H,7-10H2,1-3H3,(H,18,19). The monoisotopic (exact) mass is 295 g/mol. The molecule has 1 aromatic rings. The molecule has 0 saturated carbocycles. The molecule has 1 N–H and O–H groups in total. The summed E-state index contributed by atoms with van der Waals surface area (Å²) < 4.78 is 24.7. The largest absolute Gasteiger partial charge is 0.444 e. The second kappa shape index (κ2) is 6.43. The van der Waals surface area contributed by atoms with Gasteiger partial charge in [-0.1, -0.05) is 12.1 Å². The van der Waals surface area contributed by atoms with Crippen LogP contribution in [0.1, 0.15) is 44.4 Å². The highest BCUT2D eigenvalue weighted by Crippen LogP contribution is 2.31. The third-order valence-corrected chi connectivity index (χ3v) is 3.23. The van der Waals surface area contributed by atoms with E-state index in [1.807, 2.05) is 26.8 Å². The maximum atomic E-state index is 13.9. The average Bonchev–Trinajstić information content (AvgIpc) is 2.37. The van der Waals surface area contributed by atoms with E-state index < -0.39 is 11.7 Å². The molecule has 1 unspecified atom stereocenters. The number of nitrogens with one attached hydrogen (secondary N) is 1. The van der Waals surface area contributed by atoms with Crippen molar-refractivity contribution >= 4 is 6.09 Å². The normalized spacial score (nSPS) is 18.0. The Balaban J connectivity index is 1.90. The molecule has 0 aliphatic carbocycles. The smallest absolute Gasteiger partial charge is 0.407 e. The van der Waals surface area contributed by atoms with Gasteiger partial charge in [0, 0.05) is 12.1 Å². The summed E-state index contributed by atoms with van der Waals surface area (Å²) in [6.07, 6.45) is 0.466. The summed E-state index contributed by atoms with van der Waals surface area (Å²) in [6.45, 7) is 6.38.